The summed E-state index contributed by atoms with van der Waals surface area (Å²) in [6, 6.07) is 3.45. The van der Waals surface area contributed by atoms with Gasteiger partial charge in [0.15, 0.2) is 11.6 Å². The predicted octanol–water partition coefficient (Wildman–Crippen LogP) is 3.59. The topological polar surface area (TPSA) is 29.5 Å². The smallest absolute Gasteiger partial charge is 0.219 e. The van der Waals surface area contributed by atoms with E-state index in [2.05, 4.69) is 6.92 Å². The first-order valence-electron chi connectivity index (χ1n) is 8.24. The van der Waals surface area contributed by atoms with Crippen LogP contribution in [0.1, 0.15) is 44.7 Å². The monoisotopic (exact) mass is 307 g/mol. The summed E-state index contributed by atoms with van der Waals surface area (Å²) >= 11 is 0. The van der Waals surface area contributed by atoms with Crippen LogP contribution >= 0.6 is 0 Å². The molecule has 122 valence electrons. The Kier molecular flexibility index (Phi) is 5.81. The molecule has 1 amide bonds. The molecule has 1 saturated heterocycles. The number of hydrogen-bond acceptors (Lipinski definition) is 2. The van der Waals surface area contributed by atoms with E-state index in [9.17, 15) is 9.18 Å². The number of nitrogens with zero attached hydrogens (tertiary/aromatic N) is 1. The number of halogens is 1. The Morgan fingerprint density at radius 1 is 1.23 bits per heavy atom. The Hall–Kier alpha value is -1.58. The van der Waals surface area contributed by atoms with Crippen LogP contribution < -0.4 is 4.74 Å². The van der Waals surface area contributed by atoms with Crippen LogP contribution in [-0.2, 0) is 17.6 Å². The molecular weight excluding hydrogens is 281 g/mol. The fourth-order valence-corrected chi connectivity index (χ4v) is 3.03. The van der Waals surface area contributed by atoms with E-state index < -0.39 is 0 Å². The van der Waals surface area contributed by atoms with E-state index in [1.54, 1.807) is 13.0 Å². The van der Waals surface area contributed by atoms with Gasteiger partial charge in [0.25, 0.3) is 0 Å². The van der Waals surface area contributed by atoms with Gasteiger partial charge in [-0.25, -0.2) is 4.39 Å². The van der Waals surface area contributed by atoms with Gasteiger partial charge in [0.1, 0.15) is 0 Å². The van der Waals surface area contributed by atoms with Crippen molar-refractivity contribution in [2.45, 2.75) is 46.5 Å². The number of benzene rings is 1. The normalized spacial score (nSPS) is 15.9. The molecule has 22 heavy (non-hydrogen) atoms. The zero-order chi connectivity index (χ0) is 16.1. The summed E-state index contributed by atoms with van der Waals surface area (Å²) in [6.45, 7) is 7.80. The lowest BCUT2D eigenvalue weighted by molar-refractivity contribution is -0.130. The minimum atomic E-state index is -0.268. The number of rotatable bonds is 5. The second-order valence-corrected chi connectivity index (χ2v) is 6.02. The Balaban J connectivity index is 1.93. The van der Waals surface area contributed by atoms with Crippen LogP contribution in [0.25, 0.3) is 0 Å². The number of carbonyl (C=O) groups excluding carboxylic acids is 1. The van der Waals surface area contributed by atoms with Gasteiger partial charge in [0, 0.05) is 20.0 Å². The van der Waals surface area contributed by atoms with Crippen LogP contribution in [0.4, 0.5) is 4.39 Å². The largest absolute Gasteiger partial charge is 0.490 e. The van der Waals surface area contributed by atoms with Crippen molar-refractivity contribution in [1.29, 1.82) is 0 Å². The van der Waals surface area contributed by atoms with Crippen LogP contribution in [0, 0.1) is 11.7 Å². The van der Waals surface area contributed by atoms with E-state index in [0.717, 1.165) is 49.9 Å². The number of carbonyl (C=O) groups is 1. The van der Waals surface area contributed by atoms with E-state index >= 15 is 0 Å². The Bertz CT molecular complexity index is 522. The van der Waals surface area contributed by atoms with Gasteiger partial charge < -0.3 is 9.64 Å². The maximum atomic E-state index is 14.1. The summed E-state index contributed by atoms with van der Waals surface area (Å²) in [5.74, 6) is 0.623. The molecule has 0 radical (unpaired) electrons. The third-order valence-electron chi connectivity index (χ3n) is 4.55. The molecule has 1 aliphatic rings. The molecule has 2 rings (SSSR count). The van der Waals surface area contributed by atoms with E-state index in [-0.39, 0.29) is 11.7 Å². The highest BCUT2D eigenvalue weighted by Gasteiger charge is 2.21. The Labute approximate surface area is 132 Å². The molecule has 1 fully saturated rings. The molecule has 4 heteroatoms. The van der Waals surface area contributed by atoms with Gasteiger partial charge in [-0.2, -0.15) is 0 Å². The fourth-order valence-electron chi connectivity index (χ4n) is 3.03. The SMILES string of the molecule is CCc1cc(F)c(OCC2CCN(C(C)=O)CC2)cc1CC. The first-order chi connectivity index (χ1) is 10.5. The fraction of sp³-hybridized carbons (Fsp3) is 0.611. The number of ether oxygens (including phenoxy) is 1. The maximum Gasteiger partial charge on any atom is 0.219 e. The van der Waals surface area contributed by atoms with Crippen LogP contribution in [0.15, 0.2) is 12.1 Å². The highest BCUT2D eigenvalue weighted by atomic mass is 19.1. The highest BCUT2D eigenvalue weighted by Crippen LogP contribution is 2.25. The number of piperidine rings is 1. The van der Waals surface area contributed by atoms with Crippen molar-refractivity contribution in [3.8, 4) is 5.75 Å². The van der Waals surface area contributed by atoms with Crippen LogP contribution in [-0.4, -0.2) is 30.5 Å². The molecule has 0 saturated carbocycles. The van der Waals surface area contributed by atoms with E-state index in [1.165, 1.54) is 0 Å². The van der Waals surface area contributed by atoms with Crippen molar-refractivity contribution in [2.24, 2.45) is 5.92 Å². The standard InChI is InChI=1S/C18H26FNO2/c1-4-15-10-17(19)18(11-16(15)5-2)22-12-14-6-8-20(9-7-14)13(3)21/h10-11,14H,4-9,12H2,1-3H3. The first-order valence-corrected chi connectivity index (χ1v) is 8.24. The molecule has 1 aromatic rings. The molecule has 0 unspecified atom stereocenters. The second kappa shape index (κ2) is 7.61. The molecule has 0 aliphatic carbocycles. The first kappa shape index (κ1) is 16.8. The summed E-state index contributed by atoms with van der Waals surface area (Å²) in [6.07, 6.45) is 3.57. The molecule has 1 aromatic carbocycles. The predicted molar refractivity (Wildman–Crippen MR) is 85.6 cm³/mol. The van der Waals surface area contributed by atoms with Crippen molar-refractivity contribution in [2.75, 3.05) is 19.7 Å². The lowest BCUT2D eigenvalue weighted by Crippen LogP contribution is -2.38. The van der Waals surface area contributed by atoms with Crippen LogP contribution in [0.3, 0.4) is 0 Å². The lowest BCUT2D eigenvalue weighted by Gasteiger charge is -2.31. The van der Waals surface area contributed by atoms with Crippen molar-refractivity contribution in [1.82, 2.24) is 4.90 Å². The summed E-state index contributed by atoms with van der Waals surface area (Å²) in [5, 5.41) is 0. The van der Waals surface area contributed by atoms with Crippen LogP contribution in [0.5, 0.6) is 5.75 Å². The van der Waals surface area contributed by atoms with Crippen molar-refractivity contribution in [3.63, 3.8) is 0 Å². The molecule has 0 N–H and O–H groups in total. The number of hydrogen-bond donors (Lipinski definition) is 0. The molecule has 3 nitrogen and oxygen atoms in total. The molecule has 0 spiro atoms. The van der Waals surface area contributed by atoms with Gasteiger partial charge >= 0.3 is 0 Å². The second-order valence-electron chi connectivity index (χ2n) is 6.02. The molecule has 0 aromatic heterocycles. The van der Waals surface area contributed by atoms with Gasteiger partial charge in [-0.1, -0.05) is 13.8 Å². The number of aryl methyl sites for hydroxylation is 2. The minimum Gasteiger partial charge on any atom is -0.490 e. The van der Waals surface area contributed by atoms with Gasteiger partial charge in [-0.05, 0) is 54.9 Å². The summed E-state index contributed by atoms with van der Waals surface area (Å²) in [5.41, 5.74) is 2.22. The zero-order valence-electron chi connectivity index (χ0n) is 13.8. The molecule has 1 heterocycles. The third-order valence-corrected chi connectivity index (χ3v) is 4.55. The highest BCUT2D eigenvalue weighted by molar-refractivity contribution is 5.73. The van der Waals surface area contributed by atoms with Gasteiger partial charge in [0.2, 0.25) is 5.91 Å². The Morgan fingerprint density at radius 3 is 2.36 bits per heavy atom. The average Bonchev–Trinajstić information content (AvgIpc) is 2.53. The molecule has 0 atom stereocenters. The van der Waals surface area contributed by atoms with Crippen molar-refractivity contribution in [3.05, 3.63) is 29.1 Å². The maximum absolute atomic E-state index is 14.1. The summed E-state index contributed by atoms with van der Waals surface area (Å²) < 4.78 is 19.8. The summed E-state index contributed by atoms with van der Waals surface area (Å²) in [4.78, 5) is 13.2. The number of likely N-dealkylation sites (tertiary alicyclic amines) is 1. The van der Waals surface area contributed by atoms with E-state index in [0.29, 0.717) is 18.3 Å². The molecule has 0 bridgehead atoms. The average molecular weight is 307 g/mol. The van der Waals surface area contributed by atoms with E-state index in [1.807, 2.05) is 17.9 Å². The zero-order valence-corrected chi connectivity index (χ0v) is 13.8. The molecule has 1 aliphatic heterocycles. The van der Waals surface area contributed by atoms with Gasteiger partial charge in [-0.15, -0.1) is 0 Å². The van der Waals surface area contributed by atoms with Gasteiger partial charge in [-0.3, -0.25) is 4.79 Å². The Morgan fingerprint density at radius 2 is 1.82 bits per heavy atom. The molecular formula is C18H26FNO2. The van der Waals surface area contributed by atoms with Crippen molar-refractivity contribution >= 4 is 5.91 Å². The summed E-state index contributed by atoms with van der Waals surface area (Å²) in [7, 11) is 0. The minimum absolute atomic E-state index is 0.133. The van der Waals surface area contributed by atoms with Crippen molar-refractivity contribution < 1.29 is 13.9 Å². The number of amides is 1. The van der Waals surface area contributed by atoms with Gasteiger partial charge in [0.05, 0.1) is 6.61 Å². The third kappa shape index (κ3) is 3.99. The van der Waals surface area contributed by atoms with E-state index in [4.69, 9.17) is 4.74 Å². The van der Waals surface area contributed by atoms with Crippen LogP contribution in [0.2, 0.25) is 0 Å². The quantitative estimate of drug-likeness (QED) is 0.832. The lowest BCUT2D eigenvalue weighted by atomic mass is 9.97.